The van der Waals surface area contributed by atoms with Crippen LogP contribution in [0.1, 0.15) is 18.9 Å². The molecule has 2 aromatic rings. The average Bonchev–Trinajstić information content (AvgIpc) is 2.65. The van der Waals surface area contributed by atoms with Gasteiger partial charge in [0.15, 0.2) is 0 Å². The van der Waals surface area contributed by atoms with Crippen LogP contribution in [0.25, 0.3) is 0 Å². The quantitative estimate of drug-likeness (QED) is 0.544. The Morgan fingerprint density at radius 3 is 2.47 bits per heavy atom. The molecule has 30 heavy (non-hydrogen) atoms. The number of benzene rings is 2. The molecule has 11 heteroatoms. The van der Waals surface area contributed by atoms with Crippen LogP contribution < -0.4 is 10.1 Å². The maximum atomic E-state index is 12.7. The van der Waals surface area contributed by atoms with E-state index in [0.717, 1.165) is 4.31 Å². The molecular weight excluding hydrogens is 436 g/mol. The van der Waals surface area contributed by atoms with Crippen molar-refractivity contribution in [2.75, 3.05) is 18.9 Å². The maximum absolute atomic E-state index is 12.7. The summed E-state index contributed by atoms with van der Waals surface area (Å²) in [7, 11) is -2.51. The van der Waals surface area contributed by atoms with Gasteiger partial charge in [0.05, 0.1) is 5.02 Å². The number of sulfonamides is 1. The highest BCUT2D eigenvalue weighted by molar-refractivity contribution is 7.89. The molecule has 2 aromatic carbocycles. The fourth-order valence-corrected chi connectivity index (χ4v) is 4.26. The molecule has 0 heterocycles. The first-order valence-electron chi connectivity index (χ1n) is 8.79. The Labute approximate surface area is 178 Å². The Kier molecular flexibility index (Phi) is 7.30. The number of hydrogen-bond donors (Lipinski definition) is 3. The van der Waals surface area contributed by atoms with Gasteiger partial charge in [-0.05, 0) is 43.2 Å². The van der Waals surface area contributed by atoms with Crippen LogP contribution in [0.4, 0.5) is 5.69 Å². The summed E-state index contributed by atoms with van der Waals surface area (Å²) in [6.45, 7) is 3.73. The lowest BCUT2D eigenvalue weighted by atomic mass is 10.2. The van der Waals surface area contributed by atoms with E-state index in [1.54, 1.807) is 6.92 Å². The lowest BCUT2D eigenvalue weighted by Gasteiger charge is -2.18. The molecule has 0 bridgehead atoms. The second-order valence-corrected chi connectivity index (χ2v) is 8.84. The van der Waals surface area contributed by atoms with Crippen molar-refractivity contribution in [2.45, 2.75) is 25.2 Å². The zero-order valence-electron chi connectivity index (χ0n) is 16.5. The highest BCUT2D eigenvalue weighted by Crippen LogP contribution is 2.37. The fourth-order valence-electron chi connectivity index (χ4n) is 2.60. The highest BCUT2D eigenvalue weighted by atomic mass is 35.5. The molecule has 1 amide bonds. The van der Waals surface area contributed by atoms with E-state index in [1.807, 2.05) is 6.92 Å². The predicted octanol–water partition coefficient (Wildman–Crippen LogP) is 3.20. The number of phenols is 1. The van der Waals surface area contributed by atoms with Crippen molar-refractivity contribution in [1.29, 1.82) is 0 Å². The number of aliphatic carboxylic acids is 1. The number of ether oxygens (including phenoxy) is 1. The van der Waals surface area contributed by atoms with Crippen molar-refractivity contribution in [3.63, 3.8) is 0 Å². The summed E-state index contributed by atoms with van der Waals surface area (Å²) >= 11 is 6.20. The summed E-state index contributed by atoms with van der Waals surface area (Å²) in [5, 5.41) is 21.0. The van der Waals surface area contributed by atoms with E-state index in [-0.39, 0.29) is 33.6 Å². The number of aromatic hydroxyl groups is 1. The molecule has 0 saturated heterocycles. The van der Waals surface area contributed by atoms with Gasteiger partial charge in [-0.25, -0.2) is 17.5 Å². The number of amides is 1. The topological polar surface area (TPSA) is 133 Å². The van der Waals surface area contributed by atoms with Gasteiger partial charge in [0.1, 0.15) is 22.1 Å². The van der Waals surface area contributed by atoms with Crippen molar-refractivity contribution in [3.05, 3.63) is 40.9 Å². The molecule has 0 unspecified atom stereocenters. The summed E-state index contributed by atoms with van der Waals surface area (Å²) in [6.07, 6.45) is 0.603. The SMILES string of the molecule is CCCN(C)S(=O)(=O)c1cc(Oc2c(C)cc(NC(=O)C(=O)O)cc2Cl)ccc1O. The number of phenolic OH excluding ortho intramolecular Hbond substituents is 1. The maximum Gasteiger partial charge on any atom is 0.394 e. The number of aryl methyl sites for hydroxylation is 1. The normalized spacial score (nSPS) is 11.4. The third-order valence-electron chi connectivity index (χ3n) is 4.06. The third kappa shape index (κ3) is 5.21. The number of nitrogens with zero attached hydrogens (tertiary/aromatic N) is 1. The number of halogens is 1. The van der Waals surface area contributed by atoms with Crippen molar-refractivity contribution >= 4 is 39.2 Å². The number of carbonyl (C=O) groups excluding carboxylic acids is 1. The van der Waals surface area contributed by atoms with E-state index in [2.05, 4.69) is 5.32 Å². The second-order valence-electron chi connectivity index (χ2n) is 6.42. The molecule has 0 radical (unpaired) electrons. The Morgan fingerprint density at radius 2 is 1.90 bits per heavy atom. The smallest absolute Gasteiger partial charge is 0.394 e. The molecule has 0 aromatic heterocycles. The van der Waals surface area contributed by atoms with Crippen LogP contribution >= 0.6 is 11.6 Å². The van der Waals surface area contributed by atoms with Crippen LogP contribution in [0.15, 0.2) is 35.2 Å². The number of hydrogen-bond acceptors (Lipinski definition) is 6. The summed E-state index contributed by atoms with van der Waals surface area (Å²) < 4.78 is 32.2. The molecule has 0 fully saturated rings. The zero-order valence-corrected chi connectivity index (χ0v) is 18.0. The minimum absolute atomic E-state index is 0.0660. The van der Waals surface area contributed by atoms with E-state index >= 15 is 0 Å². The van der Waals surface area contributed by atoms with Gasteiger partial charge in [0.25, 0.3) is 0 Å². The van der Waals surface area contributed by atoms with Gasteiger partial charge in [-0.2, -0.15) is 0 Å². The number of nitrogens with one attached hydrogen (secondary N) is 1. The van der Waals surface area contributed by atoms with Gasteiger partial charge in [-0.15, -0.1) is 0 Å². The predicted molar refractivity (Wildman–Crippen MR) is 111 cm³/mol. The number of carboxylic acids is 1. The number of rotatable bonds is 7. The van der Waals surface area contributed by atoms with Crippen LogP contribution in [-0.2, 0) is 19.6 Å². The monoisotopic (exact) mass is 456 g/mol. The molecule has 162 valence electrons. The molecule has 0 aliphatic rings. The minimum Gasteiger partial charge on any atom is -0.507 e. The number of carbonyl (C=O) groups is 2. The Hall–Kier alpha value is -2.82. The van der Waals surface area contributed by atoms with E-state index in [4.69, 9.17) is 21.4 Å². The molecule has 3 N–H and O–H groups in total. The first kappa shape index (κ1) is 23.5. The summed E-state index contributed by atoms with van der Waals surface area (Å²) in [4.78, 5) is 21.7. The van der Waals surface area contributed by atoms with E-state index in [0.29, 0.717) is 12.0 Å². The largest absolute Gasteiger partial charge is 0.507 e. The first-order valence-corrected chi connectivity index (χ1v) is 10.6. The zero-order chi connectivity index (χ0) is 22.6. The Bertz CT molecular complexity index is 1060. The van der Waals surface area contributed by atoms with Gasteiger partial charge in [0, 0.05) is 25.3 Å². The Morgan fingerprint density at radius 1 is 1.23 bits per heavy atom. The van der Waals surface area contributed by atoms with Crippen LogP contribution in [0.3, 0.4) is 0 Å². The lowest BCUT2D eigenvalue weighted by molar-refractivity contribution is -0.147. The minimum atomic E-state index is -3.93. The van der Waals surface area contributed by atoms with Gasteiger partial charge in [0.2, 0.25) is 10.0 Å². The van der Waals surface area contributed by atoms with Crippen molar-refractivity contribution < 1.29 is 33.0 Å². The summed E-state index contributed by atoms with van der Waals surface area (Å²) in [5.41, 5.74) is 0.621. The lowest BCUT2D eigenvalue weighted by Crippen LogP contribution is -2.27. The van der Waals surface area contributed by atoms with Crippen molar-refractivity contribution in [1.82, 2.24) is 4.31 Å². The molecule has 0 aliphatic heterocycles. The third-order valence-corrected chi connectivity index (χ3v) is 6.23. The summed E-state index contributed by atoms with van der Waals surface area (Å²) in [5.74, 6) is -2.98. The van der Waals surface area contributed by atoms with Crippen LogP contribution in [0.5, 0.6) is 17.2 Å². The highest BCUT2D eigenvalue weighted by Gasteiger charge is 2.25. The molecule has 0 aliphatic carbocycles. The average molecular weight is 457 g/mol. The van der Waals surface area contributed by atoms with E-state index < -0.39 is 27.6 Å². The molecule has 2 rings (SSSR count). The van der Waals surface area contributed by atoms with Crippen molar-refractivity contribution in [2.24, 2.45) is 0 Å². The number of carboxylic acid groups (broad SMARTS) is 1. The second kappa shape index (κ2) is 9.33. The van der Waals surface area contributed by atoms with Crippen LogP contribution in [0.2, 0.25) is 5.02 Å². The molecule has 0 saturated carbocycles. The van der Waals surface area contributed by atoms with E-state index in [9.17, 15) is 23.1 Å². The number of anilines is 1. The van der Waals surface area contributed by atoms with Gasteiger partial charge >= 0.3 is 11.9 Å². The molecule has 0 atom stereocenters. The van der Waals surface area contributed by atoms with Gasteiger partial charge in [-0.1, -0.05) is 18.5 Å². The van der Waals surface area contributed by atoms with Gasteiger partial charge < -0.3 is 20.3 Å². The molecule has 9 nitrogen and oxygen atoms in total. The molecular formula is C19H21ClN2O7S. The van der Waals surface area contributed by atoms with E-state index in [1.165, 1.54) is 37.4 Å². The fraction of sp³-hybridized carbons (Fsp3) is 0.263. The summed E-state index contributed by atoms with van der Waals surface area (Å²) in [6, 6.07) is 6.52. The first-order chi connectivity index (χ1) is 14.0. The van der Waals surface area contributed by atoms with Gasteiger partial charge in [-0.3, -0.25) is 4.79 Å². The molecule has 0 spiro atoms. The van der Waals surface area contributed by atoms with Crippen LogP contribution in [0, 0.1) is 6.92 Å². The van der Waals surface area contributed by atoms with Crippen molar-refractivity contribution in [3.8, 4) is 17.2 Å². The Balaban J connectivity index is 2.37. The van der Waals surface area contributed by atoms with Crippen LogP contribution in [-0.4, -0.2) is 48.4 Å². The standard InChI is InChI=1S/C19H21ClN2O7S/c1-4-7-22(3)30(27,28)16-10-13(5-6-15(16)23)29-17-11(2)8-12(9-14(17)20)21-18(24)19(25)26/h5-6,8-10,23H,4,7H2,1-3H3,(H,21,24)(H,25,26).